The molecule has 3 rings (SSSR count). The highest BCUT2D eigenvalue weighted by molar-refractivity contribution is 5.28. The van der Waals surface area contributed by atoms with Crippen LogP contribution in [-0.2, 0) is 10.2 Å². The highest BCUT2D eigenvalue weighted by Gasteiger charge is 2.42. The van der Waals surface area contributed by atoms with Crippen LogP contribution in [0.15, 0.2) is 30.3 Å². The Bertz CT molecular complexity index is 418. The van der Waals surface area contributed by atoms with Crippen LogP contribution >= 0.6 is 0 Å². The van der Waals surface area contributed by atoms with Gasteiger partial charge in [-0.15, -0.1) is 0 Å². The maximum atomic E-state index is 5.85. The van der Waals surface area contributed by atoms with Gasteiger partial charge in [0.1, 0.15) is 0 Å². The molecule has 1 aromatic rings. The molecular weight excluding hydrogens is 246 g/mol. The zero-order chi connectivity index (χ0) is 14.0. The zero-order valence-corrected chi connectivity index (χ0v) is 12.8. The molecule has 1 aliphatic heterocycles. The molecule has 0 amide bonds. The Hall–Kier alpha value is -0.860. The Morgan fingerprint density at radius 2 is 2.05 bits per heavy atom. The summed E-state index contributed by atoms with van der Waals surface area (Å²) < 4.78 is 5.85. The minimum Gasteiger partial charge on any atom is -0.377 e. The fraction of sp³-hybridized carbons (Fsp3) is 0.667. The van der Waals surface area contributed by atoms with E-state index in [1.165, 1.54) is 37.7 Å². The van der Waals surface area contributed by atoms with Crippen LogP contribution in [0.3, 0.4) is 0 Å². The summed E-state index contributed by atoms with van der Waals surface area (Å²) in [6.45, 7) is 5.62. The van der Waals surface area contributed by atoms with Gasteiger partial charge in [0, 0.05) is 18.7 Å². The molecule has 2 heteroatoms. The monoisotopic (exact) mass is 273 g/mol. The predicted octanol–water partition coefficient (Wildman–Crippen LogP) is 3.65. The first-order valence-corrected chi connectivity index (χ1v) is 8.14. The second-order valence-corrected chi connectivity index (χ2v) is 6.76. The maximum Gasteiger partial charge on any atom is 0.0728 e. The van der Waals surface area contributed by atoms with Gasteiger partial charge in [0.15, 0.2) is 0 Å². The third kappa shape index (κ3) is 2.77. The standard InChI is InChI=1S/C18H27NO/c1-3-16(17-10-7-11-20-17)19-15-12-18(2,13-15)14-8-5-4-6-9-14/h4-6,8-9,15-17,19H,3,7,10-13H2,1-2H3/t15?,16-,17-,18?/m0/s1. The zero-order valence-electron chi connectivity index (χ0n) is 12.8. The Labute approximate surface area is 122 Å². The summed E-state index contributed by atoms with van der Waals surface area (Å²) >= 11 is 0. The van der Waals surface area contributed by atoms with Gasteiger partial charge in [0.25, 0.3) is 0 Å². The normalized spacial score (nSPS) is 34.7. The van der Waals surface area contributed by atoms with Crippen molar-refractivity contribution in [3.63, 3.8) is 0 Å². The molecule has 1 saturated carbocycles. The van der Waals surface area contributed by atoms with Gasteiger partial charge in [-0.1, -0.05) is 44.2 Å². The average molecular weight is 273 g/mol. The van der Waals surface area contributed by atoms with E-state index in [2.05, 4.69) is 49.5 Å². The molecule has 0 spiro atoms. The predicted molar refractivity (Wildman–Crippen MR) is 83.0 cm³/mol. The van der Waals surface area contributed by atoms with Crippen LogP contribution in [-0.4, -0.2) is 24.8 Å². The van der Waals surface area contributed by atoms with E-state index in [0.717, 1.165) is 6.61 Å². The smallest absolute Gasteiger partial charge is 0.0728 e. The van der Waals surface area contributed by atoms with E-state index in [-0.39, 0.29) is 0 Å². The molecule has 2 fully saturated rings. The Morgan fingerprint density at radius 3 is 2.65 bits per heavy atom. The topological polar surface area (TPSA) is 21.3 Å². The van der Waals surface area contributed by atoms with Crippen molar-refractivity contribution in [1.82, 2.24) is 5.32 Å². The summed E-state index contributed by atoms with van der Waals surface area (Å²) in [4.78, 5) is 0. The molecule has 0 radical (unpaired) electrons. The van der Waals surface area contributed by atoms with Gasteiger partial charge in [-0.3, -0.25) is 0 Å². The molecular formula is C18H27NO. The van der Waals surface area contributed by atoms with Crippen LogP contribution in [0.5, 0.6) is 0 Å². The van der Waals surface area contributed by atoms with E-state index in [4.69, 9.17) is 4.74 Å². The lowest BCUT2D eigenvalue weighted by molar-refractivity contribution is 0.0588. The second kappa shape index (κ2) is 5.87. The van der Waals surface area contributed by atoms with Gasteiger partial charge in [0.05, 0.1) is 6.10 Å². The molecule has 2 atom stereocenters. The Morgan fingerprint density at radius 1 is 1.30 bits per heavy atom. The number of benzene rings is 1. The van der Waals surface area contributed by atoms with E-state index in [1.807, 2.05) is 0 Å². The largest absolute Gasteiger partial charge is 0.377 e. The van der Waals surface area contributed by atoms with Crippen LogP contribution in [0.2, 0.25) is 0 Å². The molecule has 1 aliphatic carbocycles. The third-order valence-electron chi connectivity index (χ3n) is 5.17. The lowest BCUT2D eigenvalue weighted by Crippen LogP contribution is -2.55. The second-order valence-electron chi connectivity index (χ2n) is 6.76. The maximum absolute atomic E-state index is 5.85. The summed E-state index contributed by atoms with van der Waals surface area (Å²) in [6, 6.07) is 12.2. The lowest BCUT2D eigenvalue weighted by Gasteiger charge is -2.48. The number of rotatable bonds is 5. The van der Waals surface area contributed by atoms with Gasteiger partial charge >= 0.3 is 0 Å². The number of hydrogen-bond acceptors (Lipinski definition) is 2. The van der Waals surface area contributed by atoms with Crippen LogP contribution in [0, 0.1) is 0 Å². The quantitative estimate of drug-likeness (QED) is 0.884. The fourth-order valence-corrected chi connectivity index (χ4v) is 3.93. The van der Waals surface area contributed by atoms with Crippen molar-refractivity contribution in [3.05, 3.63) is 35.9 Å². The van der Waals surface area contributed by atoms with E-state index in [1.54, 1.807) is 0 Å². The first-order valence-electron chi connectivity index (χ1n) is 8.14. The van der Waals surface area contributed by atoms with Crippen molar-refractivity contribution in [2.24, 2.45) is 0 Å². The van der Waals surface area contributed by atoms with Gasteiger partial charge in [-0.2, -0.15) is 0 Å². The highest BCUT2D eigenvalue weighted by atomic mass is 16.5. The summed E-state index contributed by atoms with van der Waals surface area (Å²) in [7, 11) is 0. The van der Waals surface area contributed by atoms with E-state index < -0.39 is 0 Å². The summed E-state index contributed by atoms with van der Waals surface area (Å²) in [5.41, 5.74) is 1.86. The van der Waals surface area contributed by atoms with E-state index >= 15 is 0 Å². The minimum atomic E-state index is 0.369. The van der Waals surface area contributed by atoms with Crippen molar-refractivity contribution >= 4 is 0 Å². The molecule has 0 bridgehead atoms. The summed E-state index contributed by atoms with van der Waals surface area (Å²) in [5.74, 6) is 0. The molecule has 2 nitrogen and oxygen atoms in total. The van der Waals surface area contributed by atoms with Gasteiger partial charge in [-0.25, -0.2) is 0 Å². The number of hydrogen-bond donors (Lipinski definition) is 1. The molecule has 1 heterocycles. The van der Waals surface area contributed by atoms with E-state index in [9.17, 15) is 0 Å². The van der Waals surface area contributed by atoms with Crippen LogP contribution in [0.1, 0.15) is 51.5 Å². The third-order valence-corrected chi connectivity index (χ3v) is 5.17. The highest BCUT2D eigenvalue weighted by Crippen LogP contribution is 2.43. The Balaban J connectivity index is 1.54. The van der Waals surface area contributed by atoms with Gasteiger partial charge < -0.3 is 10.1 Å². The fourth-order valence-electron chi connectivity index (χ4n) is 3.93. The SMILES string of the molecule is CC[C@H](NC1CC(C)(c2ccccc2)C1)[C@@H]1CCCO1. The Kier molecular flexibility index (Phi) is 4.13. The van der Waals surface area contributed by atoms with Crippen molar-refractivity contribution in [2.75, 3.05) is 6.61 Å². The van der Waals surface area contributed by atoms with Crippen molar-refractivity contribution in [2.45, 2.75) is 69.6 Å². The molecule has 1 saturated heterocycles. The molecule has 1 aromatic carbocycles. The van der Waals surface area contributed by atoms with Crippen molar-refractivity contribution in [3.8, 4) is 0 Å². The van der Waals surface area contributed by atoms with Gasteiger partial charge in [0.2, 0.25) is 0 Å². The van der Waals surface area contributed by atoms with Crippen LogP contribution < -0.4 is 5.32 Å². The molecule has 2 aliphatic rings. The summed E-state index contributed by atoms with van der Waals surface area (Å²) in [6.07, 6.45) is 6.58. The average Bonchev–Trinajstić information content (AvgIpc) is 2.97. The number of nitrogens with one attached hydrogen (secondary N) is 1. The first kappa shape index (κ1) is 14.1. The molecule has 110 valence electrons. The molecule has 0 aromatic heterocycles. The van der Waals surface area contributed by atoms with Crippen LogP contribution in [0.25, 0.3) is 0 Å². The lowest BCUT2D eigenvalue weighted by atomic mass is 9.63. The van der Waals surface area contributed by atoms with E-state index in [0.29, 0.717) is 23.6 Å². The number of ether oxygens (including phenoxy) is 1. The molecule has 20 heavy (non-hydrogen) atoms. The summed E-state index contributed by atoms with van der Waals surface area (Å²) in [5, 5.41) is 3.85. The van der Waals surface area contributed by atoms with Crippen molar-refractivity contribution < 1.29 is 4.74 Å². The van der Waals surface area contributed by atoms with Crippen LogP contribution in [0.4, 0.5) is 0 Å². The minimum absolute atomic E-state index is 0.369. The molecule has 0 unspecified atom stereocenters. The van der Waals surface area contributed by atoms with Gasteiger partial charge in [-0.05, 0) is 43.1 Å². The first-order chi connectivity index (χ1) is 9.71. The molecule has 1 N–H and O–H groups in total. The van der Waals surface area contributed by atoms with Crippen molar-refractivity contribution in [1.29, 1.82) is 0 Å².